The Kier molecular flexibility index (Phi) is 9.30. The molecule has 0 radical (unpaired) electrons. The van der Waals surface area contributed by atoms with E-state index < -0.39 is 36.5 Å². The molecule has 0 atom stereocenters. The Morgan fingerprint density at radius 3 is 1.24 bits per heavy atom. The van der Waals surface area contributed by atoms with E-state index in [2.05, 4.69) is 0 Å². The maximum Gasteiger partial charge on any atom is 0.365 e. The lowest BCUT2D eigenvalue weighted by Crippen LogP contribution is -2.16. The summed E-state index contributed by atoms with van der Waals surface area (Å²) < 4.78 is 73.8. The van der Waals surface area contributed by atoms with Gasteiger partial charge in [-0.05, 0) is 64.1 Å². The van der Waals surface area contributed by atoms with Gasteiger partial charge in [0.15, 0.2) is 0 Å². The molecule has 0 saturated carbocycles. The molecular weight excluding hydrogens is 494 g/mol. The minimum atomic E-state index is -4.28. The topological polar surface area (TPSA) is 146 Å². The van der Waals surface area contributed by atoms with Crippen LogP contribution in [0.1, 0.15) is 27.7 Å². The Bertz CT molecular complexity index is 1070. The molecule has 0 aliphatic rings. The fourth-order valence-corrected chi connectivity index (χ4v) is 7.81. The third-order valence-electron chi connectivity index (χ3n) is 4.30. The molecule has 0 saturated heterocycles. The van der Waals surface area contributed by atoms with Gasteiger partial charge < -0.3 is 28.3 Å². The zero-order valence-electron chi connectivity index (χ0n) is 18.8. The summed E-state index contributed by atoms with van der Waals surface area (Å²) in [5.41, 5.74) is 0. The van der Waals surface area contributed by atoms with Crippen molar-refractivity contribution in [2.45, 2.75) is 37.5 Å². The Morgan fingerprint density at radius 1 is 0.667 bits per heavy atom. The van der Waals surface area contributed by atoms with Crippen molar-refractivity contribution in [3.8, 4) is 11.5 Å². The van der Waals surface area contributed by atoms with Gasteiger partial charge in [0.1, 0.15) is 22.1 Å². The molecular formula is C20H28O10P2S. The molecule has 10 nitrogen and oxygen atoms in total. The van der Waals surface area contributed by atoms with E-state index >= 15 is 0 Å². The van der Waals surface area contributed by atoms with E-state index in [1.165, 1.54) is 0 Å². The van der Waals surface area contributed by atoms with E-state index in [1.54, 1.807) is 27.7 Å². The average molecular weight is 522 g/mol. The van der Waals surface area contributed by atoms with Gasteiger partial charge >= 0.3 is 15.2 Å². The van der Waals surface area contributed by atoms with E-state index in [4.69, 9.17) is 18.1 Å². The van der Waals surface area contributed by atoms with Crippen molar-refractivity contribution in [1.29, 1.82) is 0 Å². The normalized spacial score (nSPS) is 12.7. The molecule has 13 heteroatoms. The fourth-order valence-electron chi connectivity index (χ4n) is 2.95. The van der Waals surface area contributed by atoms with Crippen molar-refractivity contribution in [3.05, 3.63) is 36.4 Å². The van der Waals surface area contributed by atoms with Crippen molar-refractivity contribution in [2.24, 2.45) is 0 Å². The molecule has 0 unspecified atom stereocenters. The van der Waals surface area contributed by atoms with Gasteiger partial charge in [-0.15, -0.1) is 0 Å². The van der Waals surface area contributed by atoms with E-state index in [9.17, 15) is 27.8 Å². The molecule has 0 bridgehead atoms. The number of sulfone groups is 1. The van der Waals surface area contributed by atoms with Crippen molar-refractivity contribution in [1.82, 2.24) is 0 Å². The lowest BCUT2D eigenvalue weighted by atomic mass is 10.3. The third-order valence-corrected chi connectivity index (χ3v) is 10.3. The summed E-state index contributed by atoms with van der Waals surface area (Å²) in [5, 5.41) is 19.9. The molecule has 0 fully saturated rings. The fraction of sp³-hybridized carbons (Fsp3) is 0.400. The zero-order valence-corrected chi connectivity index (χ0v) is 21.4. The van der Waals surface area contributed by atoms with Crippen LogP contribution in [0.3, 0.4) is 0 Å². The summed E-state index contributed by atoms with van der Waals surface area (Å²) >= 11 is 0. The number of hydrogen-bond acceptors (Lipinski definition) is 10. The highest BCUT2D eigenvalue weighted by Crippen LogP contribution is 2.51. The number of phenolic OH excluding ortho intramolecular Hbond substituents is 2. The first kappa shape index (κ1) is 27.5. The number of phenols is 2. The first-order valence-electron chi connectivity index (χ1n) is 10.2. The summed E-state index contributed by atoms with van der Waals surface area (Å²) in [4.78, 5) is -0.650. The molecule has 0 spiro atoms. The van der Waals surface area contributed by atoms with Crippen LogP contribution in [0.2, 0.25) is 0 Å². The maximum absolute atomic E-state index is 13.3. The Balaban J connectivity index is 2.66. The van der Waals surface area contributed by atoms with E-state index in [1.807, 2.05) is 0 Å². The van der Waals surface area contributed by atoms with Gasteiger partial charge in [0.2, 0.25) is 9.84 Å². The second-order valence-corrected chi connectivity index (χ2v) is 12.4. The van der Waals surface area contributed by atoms with Crippen LogP contribution < -0.4 is 10.6 Å². The quantitative estimate of drug-likeness (QED) is 0.396. The standard InChI is InChI=1S/C20H28O10P2S/c1-5-27-31(23,28-6-2)19-13-15(9-11-17(19)21)33(25,26)16-10-12-18(22)20(14-16)32(24,29-7-3)30-8-4/h9-14,21-22H,5-8H2,1-4H3. The lowest BCUT2D eigenvalue weighted by Gasteiger charge is -2.20. The van der Waals surface area contributed by atoms with Crippen LogP contribution >= 0.6 is 15.2 Å². The molecule has 2 aromatic rings. The van der Waals surface area contributed by atoms with Crippen LogP contribution in [0.25, 0.3) is 0 Å². The van der Waals surface area contributed by atoms with Gasteiger partial charge in [-0.25, -0.2) is 8.42 Å². The Hall–Kier alpha value is -1.71. The highest BCUT2D eigenvalue weighted by molar-refractivity contribution is 7.91. The van der Waals surface area contributed by atoms with E-state index in [0.29, 0.717) is 0 Å². The van der Waals surface area contributed by atoms with Gasteiger partial charge in [-0.1, -0.05) is 0 Å². The Morgan fingerprint density at radius 2 is 0.970 bits per heavy atom. The van der Waals surface area contributed by atoms with Gasteiger partial charge in [0, 0.05) is 0 Å². The summed E-state index contributed by atoms with van der Waals surface area (Å²) in [7, 11) is -12.3. The first-order chi connectivity index (χ1) is 15.5. The van der Waals surface area contributed by atoms with Crippen LogP contribution in [0.15, 0.2) is 46.2 Å². The van der Waals surface area contributed by atoms with Crippen molar-refractivity contribution in [2.75, 3.05) is 26.4 Å². The highest BCUT2D eigenvalue weighted by atomic mass is 32.2. The molecule has 0 aromatic heterocycles. The molecule has 0 amide bonds. The molecule has 2 N–H and O–H groups in total. The van der Waals surface area contributed by atoms with Crippen LogP contribution in [0, 0.1) is 0 Å². The highest BCUT2D eigenvalue weighted by Gasteiger charge is 2.34. The Labute approximate surface area is 193 Å². The van der Waals surface area contributed by atoms with Crippen molar-refractivity contribution < 1.29 is 45.9 Å². The van der Waals surface area contributed by atoms with Gasteiger partial charge in [0.25, 0.3) is 0 Å². The number of rotatable bonds is 12. The largest absolute Gasteiger partial charge is 0.507 e. The first-order valence-corrected chi connectivity index (χ1v) is 14.8. The second kappa shape index (κ2) is 11.1. The van der Waals surface area contributed by atoms with Crippen molar-refractivity contribution in [3.63, 3.8) is 0 Å². The molecule has 33 heavy (non-hydrogen) atoms. The minimum Gasteiger partial charge on any atom is -0.507 e. The molecule has 0 aliphatic heterocycles. The summed E-state index contributed by atoms with van der Waals surface area (Å²) in [6.07, 6.45) is 0. The van der Waals surface area contributed by atoms with Gasteiger partial charge in [-0.2, -0.15) is 0 Å². The number of hydrogen-bond donors (Lipinski definition) is 2. The van der Waals surface area contributed by atoms with Crippen molar-refractivity contribution >= 4 is 35.6 Å². The second-order valence-electron chi connectivity index (χ2n) is 6.47. The predicted octanol–water partition coefficient (Wildman–Crippen LogP) is 3.71. The number of aromatic hydroxyl groups is 2. The summed E-state index contributed by atoms with van der Waals surface area (Å²) in [6.45, 7) is 6.32. The summed E-state index contributed by atoms with van der Waals surface area (Å²) in [5.74, 6) is -0.912. The van der Waals surface area contributed by atoms with Crippen LogP contribution in [0.5, 0.6) is 11.5 Å². The van der Waals surface area contributed by atoms with Crippen LogP contribution in [-0.2, 0) is 37.1 Å². The smallest absolute Gasteiger partial charge is 0.365 e. The van der Waals surface area contributed by atoms with Crippen LogP contribution in [-0.4, -0.2) is 45.1 Å². The van der Waals surface area contributed by atoms with Crippen LogP contribution in [0.4, 0.5) is 0 Å². The van der Waals surface area contributed by atoms with Gasteiger partial charge in [-0.3, -0.25) is 9.13 Å². The lowest BCUT2D eigenvalue weighted by molar-refractivity contribution is 0.228. The zero-order chi connectivity index (χ0) is 24.9. The van der Waals surface area contributed by atoms with Gasteiger partial charge in [0.05, 0.1) is 36.2 Å². The van der Waals surface area contributed by atoms with E-state index in [0.717, 1.165) is 36.4 Å². The monoisotopic (exact) mass is 522 g/mol. The molecule has 184 valence electrons. The molecule has 0 aliphatic carbocycles. The average Bonchev–Trinajstić information content (AvgIpc) is 2.74. The maximum atomic E-state index is 13.3. The number of benzene rings is 2. The SMILES string of the molecule is CCOP(=O)(OCC)c1cc(S(=O)(=O)c2ccc(O)c(P(=O)(OCC)OCC)c2)ccc1O. The molecule has 2 rings (SSSR count). The minimum absolute atomic E-state index is 0.000834. The summed E-state index contributed by atoms with van der Waals surface area (Å²) in [6, 6.07) is 6.39. The van der Waals surface area contributed by atoms with E-state index in [-0.39, 0.29) is 46.8 Å². The third kappa shape index (κ3) is 5.87. The molecule has 0 heterocycles. The molecule has 2 aromatic carbocycles. The predicted molar refractivity (Wildman–Crippen MR) is 123 cm³/mol.